The molecule has 5 heteroatoms. The van der Waals surface area contributed by atoms with Crippen LogP contribution in [-0.4, -0.2) is 18.5 Å². The molecule has 0 fully saturated rings. The van der Waals surface area contributed by atoms with Crippen LogP contribution in [0.15, 0.2) is 18.2 Å². The lowest BCUT2D eigenvalue weighted by molar-refractivity contribution is -0.121. The van der Waals surface area contributed by atoms with Crippen molar-refractivity contribution in [2.45, 2.75) is 26.3 Å². The lowest BCUT2D eigenvalue weighted by Crippen LogP contribution is -2.38. The number of halogens is 2. The van der Waals surface area contributed by atoms with E-state index in [2.05, 4.69) is 10.6 Å². The molecule has 0 saturated carbocycles. The Balaban J connectivity index is 2.64. The molecule has 1 amide bonds. The topological polar surface area (TPSA) is 41.1 Å². The Bertz CT molecular complexity index is 398. The van der Waals surface area contributed by atoms with Crippen molar-refractivity contribution in [3.8, 4) is 0 Å². The Labute approximate surface area is 105 Å². The normalized spacial score (nSPS) is 12.0. The van der Waals surface area contributed by atoms with Gasteiger partial charge in [0, 0.05) is 6.54 Å². The molecule has 0 spiro atoms. The molecule has 0 bridgehead atoms. The maximum atomic E-state index is 13.6. The Morgan fingerprint density at radius 3 is 2.88 bits per heavy atom. The van der Waals surface area contributed by atoms with Crippen LogP contribution in [0.3, 0.4) is 0 Å². The highest BCUT2D eigenvalue weighted by molar-refractivity contribution is 6.31. The summed E-state index contributed by atoms with van der Waals surface area (Å²) in [5.41, 5.74) is 0.233. The van der Waals surface area contributed by atoms with Crippen LogP contribution in [0.5, 0.6) is 0 Å². The number of anilines is 1. The van der Waals surface area contributed by atoms with Crippen LogP contribution in [0.4, 0.5) is 10.1 Å². The van der Waals surface area contributed by atoms with Crippen LogP contribution in [0.1, 0.15) is 20.3 Å². The first-order valence-electron chi connectivity index (χ1n) is 5.54. The number of benzene rings is 1. The molecular weight excluding hydrogens is 243 g/mol. The summed E-state index contributed by atoms with van der Waals surface area (Å²) in [6, 6.07) is 4.13. The molecule has 1 aromatic carbocycles. The summed E-state index contributed by atoms with van der Waals surface area (Å²) in [5, 5.41) is 5.56. The molecular formula is C12H16ClFN2O. The van der Waals surface area contributed by atoms with E-state index in [1.165, 1.54) is 6.07 Å². The highest BCUT2D eigenvalue weighted by atomic mass is 35.5. The van der Waals surface area contributed by atoms with Crippen molar-refractivity contribution in [1.82, 2.24) is 5.32 Å². The second kappa shape index (κ2) is 6.45. The van der Waals surface area contributed by atoms with Crippen LogP contribution < -0.4 is 10.6 Å². The number of nitrogens with one attached hydrogen (secondary N) is 2. The highest BCUT2D eigenvalue weighted by Crippen LogP contribution is 2.22. The van der Waals surface area contributed by atoms with E-state index in [4.69, 9.17) is 11.6 Å². The van der Waals surface area contributed by atoms with E-state index in [9.17, 15) is 9.18 Å². The molecule has 94 valence electrons. The maximum absolute atomic E-state index is 13.6. The average Bonchev–Trinajstić information content (AvgIpc) is 2.31. The van der Waals surface area contributed by atoms with Crippen LogP contribution in [0.25, 0.3) is 0 Å². The van der Waals surface area contributed by atoms with Crippen molar-refractivity contribution in [2.24, 2.45) is 0 Å². The van der Waals surface area contributed by atoms with Gasteiger partial charge in [-0.2, -0.15) is 0 Å². The SMILES string of the molecule is CCCNC(=O)C(C)Nc1cccc(Cl)c1F. The number of rotatable bonds is 5. The van der Waals surface area contributed by atoms with E-state index in [0.717, 1.165) is 6.42 Å². The van der Waals surface area contributed by atoms with Crippen molar-refractivity contribution in [2.75, 3.05) is 11.9 Å². The zero-order chi connectivity index (χ0) is 12.8. The summed E-state index contributed by atoms with van der Waals surface area (Å²) in [4.78, 5) is 11.6. The molecule has 3 nitrogen and oxygen atoms in total. The second-order valence-corrected chi connectivity index (χ2v) is 4.17. The van der Waals surface area contributed by atoms with Gasteiger partial charge >= 0.3 is 0 Å². The minimum absolute atomic E-state index is 0.0381. The predicted octanol–water partition coefficient (Wildman–Crippen LogP) is 2.81. The molecule has 2 N–H and O–H groups in total. The van der Waals surface area contributed by atoms with E-state index in [-0.39, 0.29) is 16.6 Å². The zero-order valence-electron chi connectivity index (χ0n) is 9.89. The summed E-state index contributed by atoms with van der Waals surface area (Å²) in [6.45, 7) is 4.25. The minimum Gasteiger partial charge on any atom is -0.371 e. The molecule has 1 aromatic rings. The molecule has 1 rings (SSSR count). The van der Waals surface area contributed by atoms with Gasteiger partial charge in [0.25, 0.3) is 0 Å². The summed E-state index contributed by atoms with van der Waals surface area (Å²) >= 11 is 5.64. The first kappa shape index (κ1) is 13.8. The van der Waals surface area contributed by atoms with Gasteiger partial charge in [0.2, 0.25) is 5.91 Å². The van der Waals surface area contributed by atoms with Crippen LogP contribution >= 0.6 is 11.6 Å². The van der Waals surface area contributed by atoms with E-state index in [0.29, 0.717) is 6.54 Å². The molecule has 0 aliphatic heterocycles. The van der Waals surface area contributed by atoms with E-state index >= 15 is 0 Å². The lowest BCUT2D eigenvalue weighted by atomic mass is 10.2. The van der Waals surface area contributed by atoms with Gasteiger partial charge in [-0.15, -0.1) is 0 Å². The van der Waals surface area contributed by atoms with E-state index in [1.54, 1.807) is 19.1 Å². The smallest absolute Gasteiger partial charge is 0.242 e. The third-order valence-corrected chi connectivity index (χ3v) is 2.56. The fourth-order valence-corrected chi connectivity index (χ4v) is 1.49. The first-order valence-corrected chi connectivity index (χ1v) is 5.92. The molecule has 0 radical (unpaired) electrons. The Morgan fingerprint density at radius 1 is 1.53 bits per heavy atom. The number of amides is 1. The number of carbonyl (C=O) groups is 1. The van der Waals surface area contributed by atoms with Crippen molar-refractivity contribution in [3.05, 3.63) is 29.0 Å². The molecule has 0 saturated heterocycles. The summed E-state index contributed by atoms with van der Waals surface area (Å²) < 4.78 is 13.6. The van der Waals surface area contributed by atoms with Crippen molar-refractivity contribution in [3.63, 3.8) is 0 Å². The van der Waals surface area contributed by atoms with Crippen molar-refractivity contribution < 1.29 is 9.18 Å². The van der Waals surface area contributed by atoms with Gasteiger partial charge in [-0.25, -0.2) is 4.39 Å². The molecule has 0 heterocycles. The van der Waals surface area contributed by atoms with Crippen LogP contribution in [0, 0.1) is 5.82 Å². The third kappa shape index (κ3) is 3.89. The fraction of sp³-hybridized carbons (Fsp3) is 0.417. The van der Waals surface area contributed by atoms with Gasteiger partial charge in [0.05, 0.1) is 10.7 Å². The summed E-state index contributed by atoms with van der Waals surface area (Å²) in [6.07, 6.45) is 0.865. The summed E-state index contributed by atoms with van der Waals surface area (Å²) in [5.74, 6) is -0.699. The van der Waals surface area contributed by atoms with E-state index in [1.807, 2.05) is 6.92 Å². The first-order chi connectivity index (χ1) is 8.06. The Morgan fingerprint density at radius 2 is 2.24 bits per heavy atom. The lowest BCUT2D eigenvalue weighted by Gasteiger charge is -2.15. The van der Waals surface area contributed by atoms with Crippen molar-refractivity contribution >= 4 is 23.2 Å². The minimum atomic E-state index is -0.538. The monoisotopic (exact) mass is 258 g/mol. The van der Waals surface area contributed by atoms with Gasteiger partial charge in [-0.1, -0.05) is 24.6 Å². The van der Waals surface area contributed by atoms with E-state index < -0.39 is 11.9 Å². The van der Waals surface area contributed by atoms with Crippen LogP contribution in [0.2, 0.25) is 5.02 Å². The third-order valence-electron chi connectivity index (χ3n) is 2.27. The van der Waals surface area contributed by atoms with Crippen LogP contribution in [-0.2, 0) is 4.79 Å². The van der Waals surface area contributed by atoms with Gasteiger partial charge in [-0.3, -0.25) is 4.79 Å². The van der Waals surface area contributed by atoms with Gasteiger partial charge in [0.1, 0.15) is 6.04 Å². The Hall–Kier alpha value is -1.29. The number of hydrogen-bond acceptors (Lipinski definition) is 2. The fourth-order valence-electron chi connectivity index (χ4n) is 1.32. The van der Waals surface area contributed by atoms with Gasteiger partial charge < -0.3 is 10.6 Å². The van der Waals surface area contributed by atoms with Crippen molar-refractivity contribution in [1.29, 1.82) is 0 Å². The highest BCUT2D eigenvalue weighted by Gasteiger charge is 2.14. The molecule has 0 aliphatic rings. The molecule has 17 heavy (non-hydrogen) atoms. The Kier molecular flexibility index (Phi) is 5.22. The number of carbonyl (C=O) groups excluding carboxylic acids is 1. The quantitative estimate of drug-likeness (QED) is 0.853. The van der Waals surface area contributed by atoms with Gasteiger partial charge in [-0.05, 0) is 25.5 Å². The maximum Gasteiger partial charge on any atom is 0.242 e. The zero-order valence-corrected chi connectivity index (χ0v) is 10.6. The molecule has 1 atom stereocenters. The second-order valence-electron chi connectivity index (χ2n) is 3.76. The standard InChI is InChI=1S/C12H16ClFN2O/c1-3-7-15-12(17)8(2)16-10-6-4-5-9(13)11(10)14/h4-6,8,16H,3,7H2,1-2H3,(H,15,17). The average molecular weight is 259 g/mol. The van der Waals surface area contributed by atoms with Gasteiger partial charge in [0.15, 0.2) is 5.82 Å². The largest absolute Gasteiger partial charge is 0.371 e. The molecule has 1 unspecified atom stereocenters. The summed E-state index contributed by atoms with van der Waals surface area (Å²) in [7, 11) is 0. The predicted molar refractivity (Wildman–Crippen MR) is 67.8 cm³/mol. The molecule has 0 aliphatic carbocycles. The molecule has 0 aromatic heterocycles. The number of hydrogen-bond donors (Lipinski definition) is 2.